The maximum Gasteiger partial charge on any atom is 0.356 e. The molecule has 2 heterocycles. The van der Waals surface area contributed by atoms with Crippen molar-refractivity contribution in [3.8, 4) is 0 Å². The van der Waals surface area contributed by atoms with Gasteiger partial charge in [0.2, 0.25) is 11.8 Å². The molecule has 9 nitrogen and oxygen atoms in total. The Kier molecular flexibility index (Phi) is 6.11. The summed E-state index contributed by atoms with van der Waals surface area (Å²) in [6.07, 6.45) is 7.45. The molecule has 0 bridgehead atoms. The van der Waals surface area contributed by atoms with Gasteiger partial charge < -0.3 is 26.4 Å². The molecule has 10 heteroatoms. The van der Waals surface area contributed by atoms with Crippen LogP contribution in [0.3, 0.4) is 0 Å². The normalized spacial score (nSPS) is 25.4. The third-order valence-corrected chi connectivity index (χ3v) is 5.62. The number of ether oxygens (including phenoxy) is 1. The lowest BCUT2D eigenvalue weighted by molar-refractivity contribution is -0.146. The summed E-state index contributed by atoms with van der Waals surface area (Å²) in [5, 5.41) is 11.2. The Labute approximate surface area is 154 Å². The number of β-lactam (4-membered cyclic amide) rings is 1. The van der Waals surface area contributed by atoms with Crippen molar-refractivity contribution in [2.24, 2.45) is 5.73 Å². The summed E-state index contributed by atoms with van der Waals surface area (Å²) >= 11 is 1.27. The number of hydrogen-bond donors (Lipinski definition) is 3. The van der Waals surface area contributed by atoms with Gasteiger partial charge in [-0.25, -0.2) is 4.79 Å². The van der Waals surface area contributed by atoms with Crippen LogP contribution in [0.1, 0.15) is 19.3 Å². The fourth-order valence-electron chi connectivity index (χ4n) is 3.00. The van der Waals surface area contributed by atoms with Crippen molar-refractivity contribution in [3.05, 3.63) is 35.3 Å². The molecule has 2 amide bonds. The molecule has 1 saturated heterocycles. The van der Waals surface area contributed by atoms with E-state index in [4.69, 9.17) is 10.5 Å². The van der Waals surface area contributed by atoms with Crippen LogP contribution in [0.4, 0.5) is 0 Å². The van der Waals surface area contributed by atoms with Gasteiger partial charge in [-0.05, 0) is 18.4 Å². The van der Waals surface area contributed by atoms with Crippen LogP contribution in [0.5, 0.6) is 0 Å². The summed E-state index contributed by atoms with van der Waals surface area (Å²) in [5.41, 5.74) is 6.63. The van der Waals surface area contributed by atoms with Gasteiger partial charge in [-0.15, -0.1) is 11.8 Å². The molecule has 142 valence electrons. The predicted molar refractivity (Wildman–Crippen MR) is 94.5 cm³/mol. The first-order chi connectivity index (χ1) is 11.9. The summed E-state index contributed by atoms with van der Waals surface area (Å²) < 4.78 is 5.21. The predicted octanol–water partition coefficient (Wildman–Crippen LogP) is -0.544. The molecule has 26 heavy (non-hydrogen) atoms. The number of nitrogens with zero attached hydrogens (tertiary/aromatic N) is 1. The fourth-order valence-corrected chi connectivity index (χ4v) is 4.41. The molecule has 3 rings (SSSR count). The second kappa shape index (κ2) is 7.94. The lowest BCUT2D eigenvalue weighted by Crippen LogP contribution is -2.58. The van der Waals surface area contributed by atoms with Gasteiger partial charge in [0, 0.05) is 0 Å². The van der Waals surface area contributed by atoms with Gasteiger partial charge in [-0.3, -0.25) is 14.5 Å². The third-order valence-electron chi connectivity index (χ3n) is 4.33. The van der Waals surface area contributed by atoms with E-state index in [1.807, 2.05) is 18.2 Å². The smallest absolute Gasteiger partial charge is 0.356 e. The highest BCUT2D eigenvalue weighted by Gasteiger charge is 2.50. The molecule has 6 N–H and O–H groups in total. The first kappa shape index (κ1) is 20.0. The van der Waals surface area contributed by atoms with Crippen molar-refractivity contribution in [3.63, 3.8) is 0 Å². The van der Waals surface area contributed by atoms with Gasteiger partial charge >= 0.3 is 5.97 Å². The van der Waals surface area contributed by atoms with Crippen LogP contribution in [0.25, 0.3) is 0 Å². The van der Waals surface area contributed by atoms with Gasteiger partial charge in [0.05, 0.1) is 18.9 Å². The number of methoxy groups -OCH3 is 1. The standard InChI is InChI=1S/C16H19N3O5S.H2O/c1-24-13-12(16(22)23)19-9(20)7-10(19)25-15(13)18-14(21)11(17)8-5-3-2-4-6-8;/h2-3,6,10-11,15H,4-5,7,17H2,1H3,(H,18,21)(H,22,23);1H2/t10-,11?,15?;/m1./s1. The molecule has 1 aliphatic carbocycles. The highest BCUT2D eigenvalue weighted by atomic mass is 32.2. The van der Waals surface area contributed by atoms with Crippen LogP contribution in [-0.4, -0.2) is 57.2 Å². The summed E-state index contributed by atoms with van der Waals surface area (Å²) in [4.78, 5) is 37.0. The first-order valence-corrected chi connectivity index (χ1v) is 8.77. The number of amides is 2. The fraction of sp³-hybridized carbons (Fsp3) is 0.438. The number of carboxylic acid groups (broad SMARTS) is 1. The molecule has 0 aromatic heterocycles. The number of nitrogens with one attached hydrogen (secondary N) is 1. The number of thioether (sulfide) groups is 1. The van der Waals surface area contributed by atoms with E-state index >= 15 is 0 Å². The number of carbonyl (C=O) groups excluding carboxylic acids is 2. The quantitative estimate of drug-likeness (QED) is 0.425. The topological polar surface area (TPSA) is 153 Å². The van der Waals surface area contributed by atoms with Gasteiger partial charge in [0.1, 0.15) is 11.4 Å². The molecule has 2 unspecified atom stereocenters. The Morgan fingerprint density at radius 3 is 2.73 bits per heavy atom. The average Bonchev–Trinajstić information content (AvgIpc) is 2.60. The summed E-state index contributed by atoms with van der Waals surface area (Å²) in [7, 11) is 1.32. The molecule has 0 aromatic carbocycles. The highest BCUT2D eigenvalue weighted by molar-refractivity contribution is 8.00. The zero-order chi connectivity index (χ0) is 18.1. The van der Waals surface area contributed by atoms with Gasteiger partial charge in [0.15, 0.2) is 11.5 Å². The van der Waals surface area contributed by atoms with Crippen LogP contribution in [0, 0.1) is 0 Å². The summed E-state index contributed by atoms with van der Waals surface area (Å²) in [6.45, 7) is 0. The summed E-state index contributed by atoms with van der Waals surface area (Å²) in [5.74, 6) is -1.90. The molecular formula is C16H21N3O6S. The Bertz CT molecular complexity index is 717. The number of nitrogens with two attached hydrogens (primary N) is 1. The summed E-state index contributed by atoms with van der Waals surface area (Å²) in [6, 6.07) is -0.807. The Morgan fingerprint density at radius 2 is 2.19 bits per heavy atom. The van der Waals surface area contributed by atoms with E-state index in [-0.39, 0.29) is 34.6 Å². The number of aliphatic carboxylic acids is 1. The highest BCUT2D eigenvalue weighted by Crippen LogP contribution is 2.43. The maximum absolute atomic E-state index is 12.5. The van der Waals surface area contributed by atoms with E-state index in [1.165, 1.54) is 23.8 Å². The van der Waals surface area contributed by atoms with Crippen LogP contribution in [-0.2, 0) is 19.1 Å². The van der Waals surface area contributed by atoms with E-state index in [0.29, 0.717) is 6.42 Å². The Morgan fingerprint density at radius 1 is 1.46 bits per heavy atom. The zero-order valence-corrected chi connectivity index (χ0v) is 14.9. The van der Waals surface area contributed by atoms with E-state index in [1.54, 1.807) is 0 Å². The van der Waals surface area contributed by atoms with Crippen molar-refractivity contribution < 1.29 is 29.7 Å². The van der Waals surface area contributed by atoms with Crippen molar-refractivity contribution in [2.75, 3.05) is 7.11 Å². The van der Waals surface area contributed by atoms with Crippen molar-refractivity contribution in [2.45, 2.75) is 36.1 Å². The van der Waals surface area contributed by atoms with Gasteiger partial charge in [-0.1, -0.05) is 18.2 Å². The molecular weight excluding hydrogens is 362 g/mol. The number of rotatable bonds is 5. The number of fused-ring (bicyclic) bond motifs is 1. The minimum Gasteiger partial charge on any atom is -0.495 e. The van der Waals surface area contributed by atoms with E-state index < -0.39 is 23.3 Å². The largest absolute Gasteiger partial charge is 0.495 e. The van der Waals surface area contributed by atoms with Gasteiger partial charge in [0.25, 0.3) is 0 Å². The molecule has 2 aliphatic heterocycles. The number of carboxylic acids is 1. The number of hydrogen-bond acceptors (Lipinski definition) is 6. The Balaban J connectivity index is 0.00000243. The van der Waals surface area contributed by atoms with Crippen molar-refractivity contribution >= 4 is 29.5 Å². The molecule has 3 atom stereocenters. The lowest BCUT2D eigenvalue weighted by atomic mass is 9.98. The average molecular weight is 383 g/mol. The van der Waals surface area contributed by atoms with Crippen LogP contribution in [0.2, 0.25) is 0 Å². The van der Waals surface area contributed by atoms with E-state index in [9.17, 15) is 19.5 Å². The SMILES string of the molecule is COC1=C(C(=O)O)N2C(=O)C[C@H]2SC1NC(=O)C(N)C1=CCC=CC1.O. The number of carbonyl (C=O) groups is 3. The van der Waals surface area contributed by atoms with Crippen LogP contribution < -0.4 is 11.1 Å². The second-order valence-corrected chi connectivity index (χ2v) is 7.13. The van der Waals surface area contributed by atoms with Crippen molar-refractivity contribution in [1.29, 1.82) is 0 Å². The minimum absolute atomic E-state index is 0. The second-order valence-electron chi connectivity index (χ2n) is 5.84. The number of allylic oxidation sites excluding steroid dienone is 3. The maximum atomic E-state index is 12.5. The van der Waals surface area contributed by atoms with Gasteiger partial charge in [-0.2, -0.15) is 0 Å². The van der Waals surface area contributed by atoms with E-state index in [2.05, 4.69) is 5.32 Å². The minimum atomic E-state index is -1.26. The Hall–Kier alpha value is -2.30. The van der Waals surface area contributed by atoms with E-state index in [0.717, 1.165) is 12.0 Å². The van der Waals surface area contributed by atoms with Crippen molar-refractivity contribution in [1.82, 2.24) is 10.2 Å². The monoisotopic (exact) mass is 383 g/mol. The third kappa shape index (κ3) is 3.48. The van der Waals surface area contributed by atoms with Crippen LogP contribution >= 0.6 is 11.8 Å². The van der Waals surface area contributed by atoms with Crippen LogP contribution in [0.15, 0.2) is 35.3 Å². The molecule has 3 aliphatic rings. The molecule has 0 saturated carbocycles. The molecule has 0 spiro atoms. The molecule has 0 radical (unpaired) electrons. The zero-order valence-electron chi connectivity index (χ0n) is 14.1. The molecule has 0 aromatic rings. The molecule has 1 fully saturated rings. The first-order valence-electron chi connectivity index (χ1n) is 7.83. The lowest BCUT2D eigenvalue weighted by Gasteiger charge is -2.45.